The quantitative estimate of drug-likeness (QED) is 0.684. The summed E-state index contributed by atoms with van der Waals surface area (Å²) in [6.07, 6.45) is -0.149. The van der Waals surface area contributed by atoms with Gasteiger partial charge >= 0.3 is 0 Å². The van der Waals surface area contributed by atoms with Crippen molar-refractivity contribution in [1.29, 1.82) is 0 Å². The Balaban J connectivity index is 1.77. The summed E-state index contributed by atoms with van der Waals surface area (Å²) in [6.45, 7) is 0.0859. The second-order valence-corrected chi connectivity index (χ2v) is 10.2. The highest BCUT2D eigenvalue weighted by Gasteiger charge is 2.37. The molecule has 3 rings (SSSR count). The molecule has 0 aromatic heterocycles. The third-order valence-corrected chi connectivity index (χ3v) is 7.14. The van der Waals surface area contributed by atoms with Crippen molar-refractivity contribution in [3.8, 4) is 0 Å². The number of hydrogen-bond donors (Lipinski definition) is 2. The van der Waals surface area contributed by atoms with Gasteiger partial charge in [-0.1, -0.05) is 23.7 Å². The number of carbonyl (C=O) groups excluding carboxylic acids is 2. The molecule has 0 unspecified atom stereocenters. The van der Waals surface area contributed by atoms with Gasteiger partial charge in [0.1, 0.15) is 0 Å². The first kappa shape index (κ1) is 21.2. The number of amides is 2. The standard InChI is InChI=1S/C17H16ClN3O6S2/c18-14-6-3-12(9-15(14)21-16(22)7-8-28(21,24)25)17(23)20-10-11-1-4-13(5-2-11)29(19,26)27/h1-6,9H,7-8,10H2,(H,20,23)(H2,19,26,27). The zero-order valence-electron chi connectivity index (χ0n) is 14.8. The molecule has 3 N–H and O–H groups in total. The van der Waals surface area contributed by atoms with Crippen molar-refractivity contribution in [2.45, 2.75) is 17.9 Å². The van der Waals surface area contributed by atoms with E-state index in [0.29, 0.717) is 9.87 Å². The Bertz CT molecular complexity index is 1190. The number of benzene rings is 2. The molecule has 12 heteroatoms. The summed E-state index contributed by atoms with van der Waals surface area (Å²) >= 11 is 6.05. The molecule has 2 aromatic carbocycles. The van der Waals surface area contributed by atoms with Gasteiger partial charge in [0.2, 0.25) is 26.0 Å². The molecule has 154 valence electrons. The van der Waals surface area contributed by atoms with Crippen LogP contribution in [-0.4, -0.2) is 34.4 Å². The molecule has 29 heavy (non-hydrogen) atoms. The van der Waals surface area contributed by atoms with E-state index in [2.05, 4.69) is 5.32 Å². The van der Waals surface area contributed by atoms with Gasteiger partial charge in [0, 0.05) is 18.5 Å². The normalized spacial score (nSPS) is 16.1. The van der Waals surface area contributed by atoms with E-state index in [-0.39, 0.29) is 39.9 Å². The molecule has 0 radical (unpaired) electrons. The number of hydrogen-bond acceptors (Lipinski definition) is 6. The molecule has 0 saturated carbocycles. The van der Waals surface area contributed by atoms with E-state index < -0.39 is 31.9 Å². The zero-order valence-corrected chi connectivity index (χ0v) is 17.2. The lowest BCUT2D eigenvalue weighted by atomic mass is 10.1. The predicted molar refractivity (Wildman–Crippen MR) is 106 cm³/mol. The molecule has 0 spiro atoms. The SMILES string of the molecule is NS(=O)(=O)c1ccc(CNC(=O)c2ccc(Cl)c(N3C(=O)CCS3(=O)=O)c2)cc1. The van der Waals surface area contributed by atoms with Gasteiger partial charge in [-0.2, -0.15) is 0 Å². The topological polar surface area (TPSA) is 144 Å². The molecule has 1 aliphatic heterocycles. The van der Waals surface area contributed by atoms with Crippen LogP contribution in [0.15, 0.2) is 47.4 Å². The average molecular weight is 458 g/mol. The number of carbonyl (C=O) groups is 2. The molecule has 1 heterocycles. The third kappa shape index (κ3) is 4.58. The van der Waals surface area contributed by atoms with Crippen molar-refractivity contribution >= 4 is 49.1 Å². The number of nitrogens with two attached hydrogens (primary N) is 1. The number of nitrogens with zero attached hydrogens (tertiary/aromatic N) is 1. The van der Waals surface area contributed by atoms with E-state index in [0.717, 1.165) is 0 Å². The van der Waals surface area contributed by atoms with Gasteiger partial charge in [0.05, 0.1) is 21.4 Å². The van der Waals surface area contributed by atoms with Gasteiger partial charge in [-0.25, -0.2) is 26.3 Å². The van der Waals surface area contributed by atoms with Crippen LogP contribution in [-0.2, 0) is 31.4 Å². The van der Waals surface area contributed by atoms with Crippen LogP contribution in [0.4, 0.5) is 5.69 Å². The Morgan fingerprint density at radius 1 is 1.17 bits per heavy atom. The smallest absolute Gasteiger partial charge is 0.251 e. The van der Waals surface area contributed by atoms with Gasteiger partial charge in [-0.15, -0.1) is 0 Å². The fourth-order valence-corrected chi connectivity index (χ4v) is 4.97. The Hall–Kier alpha value is -2.47. The third-order valence-electron chi connectivity index (χ3n) is 4.21. The Kier molecular flexibility index (Phi) is 5.68. The van der Waals surface area contributed by atoms with E-state index in [1.807, 2.05) is 0 Å². The molecule has 1 fully saturated rings. The van der Waals surface area contributed by atoms with Gasteiger partial charge in [-0.05, 0) is 35.9 Å². The van der Waals surface area contributed by atoms with Crippen LogP contribution < -0.4 is 14.8 Å². The van der Waals surface area contributed by atoms with Crippen LogP contribution in [0.5, 0.6) is 0 Å². The fraction of sp³-hybridized carbons (Fsp3) is 0.176. The molecule has 2 amide bonds. The van der Waals surface area contributed by atoms with Crippen LogP contribution in [0.2, 0.25) is 5.02 Å². The highest BCUT2D eigenvalue weighted by Crippen LogP contribution is 2.32. The molecular weight excluding hydrogens is 442 g/mol. The monoisotopic (exact) mass is 457 g/mol. The van der Waals surface area contributed by atoms with Crippen molar-refractivity contribution in [2.75, 3.05) is 10.1 Å². The fourth-order valence-electron chi connectivity index (χ4n) is 2.74. The molecular formula is C17H16ClN3O6S2. The molecule has 1 saturated heterocycles. The molecule has 0 bridgehead atoms. The van der Waals surface area contributed by atoms with Gasteiger partial charge < -0.3 is 5.32 Å². The Morgan fingerprint density at radius 2 is 1.83 bits per heavy atom. The van der Waals surface area contributed by atoms with E-state index in [9.17, 15) is 26.4 Å². The minimum Gasteiger partial charge on any atom is -0.348 e. The number of primary sulfonamides is 1. The maximum absolute atomic E-state index is 12.4. The number of rotatable bonds is 5. The summed E-state index contributed by atoms with van der Waals surface area (Å²) in [5, 5.41) is 7.69. The van der Waals surface area contributed by atoms with Crippen molar-refractivity contribution in [1.82, 2.24) is 5.32 Å². The second-order valence-electron chi connectivity index (χ2n) is 6.26. The van der Waals surface area contributed by atoms with Crippen LogP contribution >= 0.6 is 11.6 Å². The van der Waals surface area contributed by atoms with Crippen molar-refractivity contribution < 1.29 is 26.4 Å². The lowest BCUT2D eigenvalue weighted by Crippen LogP contribution is -2.30. The summed E-state index contributed by atoms with van der Waals surface area (Å²) in [4.78, 5) is 24.4. The minimum atomic E-state index is -3.82. The zero-order chi connectivity index (χ0) is 21.4. The van der Waals surface area contributed by atoms with E-state index in [1.54, 1.807) is 0 Å². The Morgan fingerprint density at radius 3 is 2.38 bits per heavy atom. The van der Waals surface area contributed by atoms with Crippen LogP contribution in [0.1, 0.15) is 22.3 Å². The largest absolute Gasteiger partial charge is 0.348 e. The summed E-state index contributed by atoms with van der Waals surface area (Å²) < 4.78 is 47.4. The molecule has 0 atom stereocenters. The Labute approximate surface area is 172 Å². The summed E-state index contributed by atoms with van der Waals surface area (Å²) in [6, 6.07) is 9.63. The lowest BCUT2D eigenvalue weighted by Gasteiger charge is -2.17. The van der Waals surface area contributed by atoms with Crippen LogP contribution in [0, 0.1) is 0 Å². The number of halogens is 1. The summed E-state index contributed by atoms with van der Waals surface area (Å²) in [5.41, 5.74) is 0.664. The lowest BCUT2D eigenvalue weighted by molar-refractivity contribution is -0.116. The molecule has 2 aromatic rings. The first-order chi connectivity index (χ1) is 13.5. The highest BCUT2D eigenvalue weighted by molar-refractivity contribution is 7.94. The maximum Gasteiger partial charge on any atom is 0.251 e. The average Bonchev–Trinajstić information content (AvgIpc) is 2.92. The number of sulfonamides is 2. The van der Waals surface area contributed by atoms with Crippen molar-refractivity contribution in [3.63, 3.8) is 0 Å². The molecule has 0 aliphatic carbocycles. The van der Waals surface area contributed by atoms with Crippen molar-refractivity contribution in [3.05, 3.63) is 58.6 Å². The molecule has 1 aliphatic rings. The first-order valence-electron chi connectivity index (χ1n) is 8.24. The van der Waals surface area contributed by atoms with Crippen LogP contribution in [0.3, 0.4) is 0 Å². The minimum absolute atomic E-state index is 0.0268. The molecule has 9 nitrogen and oxygen atoms in total. The van der Waals surface area contributed by atoms with E-state index in [4.69, 9.17) is 16.7 Å². The predicted octanol–water partition coefficient (Wildman–Crippen LogP) is 0.984. The first-order valence-corrected chi connectivity index (χ1v) is 11.8. The van der Waals surface area contributed by atoms with Crippen LogP contribution in [0.25, 0.3) is 0 Å². The highest BCUT2D eigenvalue weighted by atomic mass is 35.5. The summed E-state index contributed by atoms with van der Waals surface area (Å²) in [7, 11) is -7.62. The second kappa shape index (κ2) is 7.75. The van der Waals surface area contributed by atoms with Gasteiger partial charge in [0.25, 0.3) is 5.91 Å². The number of nitrogens with one attached hydrogen (secondary N) is 1. The summed E-state index contributed by atoms with van der Waals surface area (Å²) in [5.74, 6) is -1.45. The maximum atomic E-state index is 12.4. The van der Waals surface area contributed by atoms with E-state index >= 15 is 0 Å². The van der Waals surface area contributed by atoms with Crippen molar-refractivity contribution in [2.24, 2.45) is 5.14 Å². The van der Waals surface area contributed by atoms with Gasteiger partial charge in [0.15, 0.2) is 0 Å². The number of anilines is 1. The van der Waals surface area contributed by atoms with E-state index in [1.165, 1.54) is 42.5 Å². The van der Waals surface area contributed by atoms with Gasteiger partial charge in [-0.3, -0.25) is 9.59 Å².